The van der Waals surface area contributed by atoms with Crippen LogP contribution in [0.4, 0.5) is 4.39 Å². The highest BCUT2D eigenvalue weighted by Gasteiger charge is 2.25. The molecule has 3 aromatic rings. The van der Waals surface area contributed by atoms with Crippen molar-refractivity contribution in [2.75, 3.05) is 6.54 Å². The number of nitrogens with zero attached hydrogens (tertiary/aromatic N) is 3. The third-order valence-electron chi connectivity index (χ3n) is 3.56. The predicted octanol–water partition coefficient (Wildman–Crippen LogP) is 3.29. The molecule has 0 N–H and O–H groups in total. The summed E-state index contributed by atoms with van der Waals surface area (Å²) in [5.74, 6) is -0.339. The summed E-state index contributed by atoms with van der Waals surface area (Å²) in [6.45, 7) is 1.87. The Labute approximate surface area is 149 Å². The topological polar surface area (TPSA) is 76.3 Å². The van der Waals surface area contributed by atoms with E-state index in [-0.39, 0.29) is 24.5 Å². The fourth-order valence-corrected chi connectivity index (χ4v) is 4.45. The van der Waals surface area contributed by atoms with Crippen molar-refractivity contribution in [3.63, 3.8) is 0 Å². The summed E-state index contributed by atoms with van der Waals surface area (Å²) in [4.78, 5) is 5.07. The van der Waals surface area contributed by atoms with E-state index < -0.39 is 21.6 Å². The van der Waals surface area contributed by atoms with Crippen LogP contribution in [0.1, 0.15) is 18.4 Å². The van der Waals surface area contributed by atoms with Gasteiger partial charge in [-0.3, -0.25) is 0 Å². The molecule has 0 saturated carbocycles. The first-order valence-corrected chi connectivity index (χ1v) is 10.1. The van der Waals surface area contributed by atoms with Gasteiger partial charge in [0.25, 0.3) is 0 Å². The number of aromatic nitrogens is 2. The van der Waals surface area contributed by atoms with E-state index in [1.807, 2.05) is 17.5 Å². The van der Waals surface area contributed by atoms with E-state index in [1.54, 1.807) is 13.0 Å². The molecule has 3 rings (SSSR count). The molecule has 0 aliphatic rings. The van der Waals surface area contributed by atoms with Crippen LogP contribution in [0.15, 0.2) is 46.3 Å². The molecule has 0 amide bonds. The van der Waals surface area contributed by atoms with Crippen LogP contribution in [0.3, 0.4) is 0 Å². The van der Waals surface area contributed by atoms with Gasteiger partial charge in [-0.25, -0.2) is 12.8 Å². The van der Waals surface area contributed by atoms with Gasteiger partial charge in [0.05, 0.1) is 17.2 Å². The Morgan fingerprint density at radius 2 is 2.04 bits per heavy atom. The number of sulfonamides is 1. The second-order valence-corrected chi connectivity index (χ2v) is 8.18. The van der Waals surface area contributed by atoms with Crippen molar-refractivity contribution in [2.45, 2.75) is 19.2 Å². The molecule has 0 bridgehead atoms. The summed E-state index contributed by atoms with van der Waals surface area (Å²) < 4.78 is 45.3. The Kier molecular flexibility index (Phi) is 5.26. The Balaban J connectivity index is 1.76. The molecule has 25 heavy (non-hydrogen) atoms. The maximum absolute atomic E-state index is 13.8. The van der Waals surface area contributed by atoms with Crippen LogP contribution in [0.2, 0.25) is 0 Å². The lowest BCUT2D eigenvalue weighted by molar-refractivity contribution is 0.321. The van der Waals surface area contributed by atoms with E-state index in [0.717, 1.165) is 4.88 Å². The van der Waals surface area contributed by atoms with Gasteiger partial charge in [-0.15, -0.1) is 11.3 Å². The standard InChI is InChI=1S/C16H16FN3O3S2/c1-2-20(25(21,22)11-12-6-3-4-7-13(12)17)10-15-18-16(19-23-15)14-8-5-9-24-14/h3-9H,2,10-11H2,1H3. The lowest BCUT2D eigenvalue weighted by Crippen LogP contribution is -2.31. The van der Waals surface area contributed by atoms with Gasteiger partial charge in [-0.05, 0) is 17.5 Å². The summed E-state index contributed by atoms with van der Waals surface area (Å²) in [5, 5.41) is 5.76. The van der Waals surface area contributed by atoms with Gasteiger partial charge in [0, 0.05) is 12.1 Å². The minimum Gasteiger partial charge on any atom is -0.337 e. The van der Waals surface area contributed by atoms with Gasteiger partial charge >= 0.3 is 0 Å². The fraction of sp³-hybridized carbons (Fsp3) is 0.250. The lowest BCUT2D eigenvalue weighted by atomic mass is 10.2. The quantitative estimate of drug-likeness (QED) is 0.628. The molecule has 0 spiro atoms. The molecule has 2 aromatic heterocycles. The van der Waals surface area contributed by atoms with Gasteiger partial charge in [-0.1, -0.05) is 36.3 Å². The number of benzene rings is 1. The zero-order valence-corrected chi connectivity index (χ0v) is 15.1. The molecule has 9 heteroatoms. The SMILES string of the molecule is CCN(Cc1nc(-c2cccs2)no1)S(=O)(=O)Cc1ccccc1F. The number of hydrogen-bond acceptors (Lipinski definition) is 6. The summed E-state index contributed by atoms with van der Waals surface area (Å²) in [6.07, 6.45) is 0. The molecule has 0 fully saturated rings. The third-order valence-corrected chi connectivity index (χ3v) is 6.28. The summed E-state index contributed by atoms with van der Waals surface area (Å²) >= 11 is 1.46. The van der Waals surface area contributed by atoms with E-state index in [9.17, 15) is 12.8 Å². The molecule has 2 heterocycles. The van der Waals surface area contributed by atoms with Crippen molar-refractivity contribution in [1.29, 1.82) is 0 Å². The van der Waals surface area contributed by atoms with E-state index in [1.165, 1.54) is 33.8 Å². The van der Waals surface area contributed by atoms with E-state index in [2.05, 4.69) is 10.1 Å². The Bertz CT molecular complexity index is 939. The van der Waals surface area contributed by atoms with Crippen molar-refractivity contribution in [3.05, 3.63) is 59.0 Å². The summed E-state index contributed by atoms with van der Waals surface area (Å²) in [5.41, 5.74) is 0.130. The van der Waals surface area contributed by atoms with Crippen molar-refractivity contribution in [2.24, 2.45) is 0 Å². The van der Waals surface area contributed by atoms with Gasteiger partial charge in [0.15, 0.2) is 0 Å². The smallest absolute Gasteiger partial charge is 0.242 e. The highest BCUT2D eigenvalue weighted by Crippen LogP contribution is 2.22. The summed E-state index contributed by atoms with van der Waals surface area (Å²) in [6, 6.07) is 9.55. The monoisotopic (exact) mass is 381 g/mol. The zero-order valence-electron chi connectivity index (χ0n) is 13.4. The maximum atomic E-state index is 13.8. The van der Waals surface area contributed by atoms with Crippen LogP contribution in [0.25, 0.3) is 10.7 Å². The second kappa shape index (κ2) is 7.42. The van der Waals surface area contributed by atoms with Crippen LogP contribution in [0.5, 0.6) is 0 Å². The first-order chi connectivity index (χ1) is 12.0. The van der Waals surface area contributed by atoms with Crippen molar-refractivity contribution < 1.29 is 17.3 Å². The van der Waals surface area contributed by atoms with Crippen molar-refractivity contribution in [3.8, 4) is 10.7 Å². The molecule has 1 aromatic carbocycles. The third kappa shape index (κ3) is 4.12. The lowest BCUT2D eigenvalue weighted by Gasteiger charge is -2.18. The highest BCUT2D eigenvalue weighted by atomic mass is 32.2. The molecular weight excluding hydrogens is 365 g/mol. The Hall–Kier alpha value is -2.10. The molecule has 0 saturated heterocycles. The van der Waals surface area contributed by atoms with E-state index in [0.29, 0.717) is 5.82 Å². The largest absolute Gasteiger partial charge is 0.337 e. The Morgan fingerprint density at radius 1 is 1.24 bits per heavy atom. The maximum Gasteiger partial charge on any atom is 0.242 e. The van der Waals surface area contributed by atoms with Crippen molar-refractivity contribution >= 4 is 21.4 Å². The van der Waals surface area contributed by atoms with Gasteiger partial charge in [0.2, 0.25) is 21.7 Å². The molecule has 0 atom stereocenters. The number of hydrogen-bond donors (Lipinski definition) is 0. The molecule has 0 unspecified atom stereocenters. The molecule has 6 nitrogen and oxygen atoms in total. The van der Waals surface area contributed by atoms with Gasteiger partial charge in [0.1, 0.15) is 5.82 Å². The number of thiophene rings is 1. The molecule has 132 valence electrons. The van der Waals surface area contributed by atoms with Crippen LogP contribution in [0, 0.1) is 5.82 Å². The van der Waals surface area contributed by atoms with Crippen molar-refractivity contribution in [1.82, 2.24) is 14.4 Å². The molecule has 0 radical (unpaired) electrons. The molecule has 0 aliphatic carbocycles. The van der Waals surface area contributed by atoms with Crippen LogP contribution >= 0.6 is 11.3 Å². The highest BCUT2D eigenvalue weighted by molar-refractivity contribution is 7.88. The Morgan fingerprint density at radius 3 is 2.72 bits per heavy atom. The second-order valence-electron chi connectivity index (χ2n) is 5.26. The van der Waals surface area contributed by atoms with Gasteiger partial charge in [-0.2, -0.15) is 9.29 Å². The van der Waals surface area contributed by atoms with E-state index >= 15 is 0 Å². The zero-order chi connectivity index (χ0) is 17.9. The minimum absolute atomic E-state index is 0.0499. The number of halogens is 1. The average molecular weight is 381 g/mol. The predicted molar refractivity (Wildman–Crippen MR) is 92.7 cm³/mol. The fourth-order valence-electron chi connectivity index (χ4n) is 2.29. The number of rotatable bonds is 7. The van der Waals surface area contributed by atoms with Crippen LogP contribution in [-0.4, -0.2) is 29.4 Å². The van der Waals surface area contributed by atoms with Crippen LogP contribution < -0.4 is 0 Å². The van der Waals surface area contributed by atoms with Gasteiger partial charge < -0.3 is 4.52 Å². The normalized spacial score (nSPS) is 12.0. The molecular formula is C16H16FN3O3S2. The first kappa shape index (κ1) is 17.7. The minimum atomic E-state index is -3.72. The summed E-state index contributed by atoms with van der Waals surface area (Å²) in [7, 11) is -3.72. The molecule has 0 aliphatic heterocycles. The van der Waals surface area contributed by atoms with Crippen LogP contribution in [-0.2, 0) is 22.3 Å². The van der Waals surface area contributed by atoms with E-state index in [4.69, 9.17) is 4.52 Å². The average Bonchev–Trinajstić information content (AvgIpc) is 3.25. The first-order valence-electron chi connectivity index (χ1n) is 7.57.